The number of rotatable bonds is 3. The van der Waals surface area contributed by atoms with Crippen LogP contribution in [-0.2, 0) is 4.79 Å². The first-order valence-corrected chi connectivity index (χ1v) is 8.36. The van der Waals surface area contributed by atoms with Crippen LogP contribution in [0.15, 0.2) is 53.0 Å². The molecule has 0 aromatic heterocycles. The van der Waals surface area contributed by atoms with Crippen molar-refractivity contribution in [1.82, 2.24) is 0 Å². The topological polar surface area (TPSA) is 49.4 Å². The van der Waals surface area contributed by atoms with E-state index in [1.807, 2.05) is 49.4 Å². The lowest BCUT2D eigenvalue weighted by molar-refractivity contribution is -0.116. The average molecular weight is 377 g/mol. The fourth-order valence-electron chi connectivity index (χ4n) is 2.26. The van der Waals surface area contributed by atoms with E-state index < -0.39 is 5.37 Å². The monoisotopic (exact) mass is 376 g/mol. The van der Waals surface area contributed by atoms with E-state index >= 15 is 0 Å². The second kappa shape index (κ2) is 6.14. The highest BCUT2D eigenvalue weighted by molar-refractivity contribution is 9.10. The Labute approximate surface area is 141 Å². The summed E-state index contributed by atoms with van der Waals surface area (Å²) < 4.78 is 0.912. The Bertz CT molecular complexity index is 750. The van der Waals surface area contributed by atoms with Gasteiger partial charge in [-0.15, -0.1) is 0 Å². The standard InChI is InChI=1S/C16H13BrN2O2S/c1-10-5-2-3-8-13(10)19-15(20)14(22-16(19)21)18-12-7-4-6-11(17)9-12/h2-9,14,18H,1H3. The molecule has 112 valence electrons. The summed E-state index contributed by atoms with van der Waals surface area (Å²) in [7, 11) is 0. The van der Waals surface area contributed by atoms with Crippen LogP contribution in [-0.4, -0.2) is 16.5 Å². The maximum atomic E-state index is 12.6. The van der Waals surface area contributed by atoms with Crippen molar-refractivity contribution in [3.8, 4) is 0 Å². The summed E-state index contributed by atoms with van der Waals surface area (Å²) in [6.07, 6.45) is 0. The highest BCUT2D eigenvalue weighted by Crippen LogP contribution is 2.34. The lowest BCUT2D eigenvalue weighted by atomic mass is 10.2. The first-order chi connectivity index (χ1) is 10.6. The molecule has 1 atom stereocenters. The zero-order chi connectivity index (χ0) is 15.7. The van der Waals surface area contributed by atoms with Gasteiger partial charge in [0.15, 0.2) is 5.37 Å². The number of anilines is 2. The average Bonchev–Trinajstić information content (AvgIpc) is 2.74. The summed E-state index contributed by atoms with van der Waals surface area (Å²) in [5.74, 6) is -0.246. The summed E-state index contributed by atoms with van der Waals surface area (Å²) in [4.78, 5) is 26.0. The van der Waals surface area contributed by atoms with Crippen molar-refractivity contribution in [3.63, 3.8) is 0 Å². The fraction of sp³-hybridized carbons (Fsp3) is 0.125. The van der Waals surface area contributed by atoms with Gasteiger partial charge in [0.05, 0.1) is 5.69 Å². The van der Waals surface area contributed by atoms with Crippen molar-refractivity contribution < 1.29 is 9.59 Å². The van der Waals surface area contributed by atoms with Crippen molar-refractivity contribution in [1.29, 1.82) is 0 Å². The third kappa shape index (κ3) is 2.89. The van der Waals surface area contributed by atoms with E-state index in [9.17, 15) is 9.59 Å². The summed E-state index contributed by atoms with van der Waals surface area (Å²) in [5.41, 5.74) is 2.33. The number of benzene rings is 2. The van der Waals surface area contributed by atoms with Gasteiger partial charge >= 0.3 is 0 Å². The highest BCUT2D eigenvalue weighted by atomic mass is 79.9. The minimum atomic E-state index is -0.610. The summed E-state index contributed by atoms with van der Waals surface area (Å²) in [6.45, 7) is 1.88. The van der Waals surface area contributed by atoms with E-state index in [0.717, 1.165) is 27.5 Å². The van der Waals surface area contributed by atoms with Crippen LogP contribution < -0.4 is 10.2 Å². The van der Waals surface area contributed by atoms with Gasteiger partial charge in [0.25, 0.3) is 11.1 Å². The van der Waals surface area contributed by atoms with Gasteiger partial charge in [-0.2, -0.15) is 0 Å². The Morgan fingerprint density at radius 3 is 2.64 bits per heavy atom. The van der Waals surface area contributed by atoms with Crippen LogP contribution in [0.3, 0.4) is 0 Å². The highest BCUT2D eigenvalue weighted by Gasteiger charge is 2.41. The van der Waals surface area contributed by atoms with Crippen LogP contribution in [0.2, 0.25) is 0 Å². The predicted molar refractivity (Wildman–Crippen MR) is 93.2 cm³/mol. The van der Waals surface area contributed by atoms with Crippen LogP contribution in [0.4, 0.5) is 16.2 Å². The number of imide groups is 1. The van der Waals surface area contributed by atoms with Crippen molar-refractivity contribution in [2.45, 2.75) is 12.3 Å². The minimum absolute atomic E-state index is 0.246. The number of aryl methyl sites for hydroxylation is 1. The number of hydrogen-bond acceptors (Lipinski definition) is 4. The van der Waals surface area contributed by atoms with Gasteiger partial charge in [-0.25, -0.2) is 4.90 Å². The second-order valence-electron chi connectivity index (χ2n) is 4.88. The molecule has 1 aliphatic rings. The van der Waals surface area contributed by atoms with E-state index in [-0.39, 0.29) is 11.1 Å². The van der Waals surface area contributed by atoms with Gasteiger partial charge in [-0.05, 0) is 48.5 Å². The van der Waals surface area contributed by atoms with Crippen LogP contribution in [0.25, 0.3) is 0 Å². The molecule has 1 heterocycles. The van der Waals surface area contributed by atoms with Gasteiger partial charge in [-0.3, -0.25) is 9.59 Å². The molecule has 3 rings (SSSR count). The van der Waals surface area contributed by atoms with Gasteiger partial charge in [0, 0.05) is 10.2 Å². The van der Waals surface area contributed by atoms with E-state index in [4.69, 9.17) is 0 Å². The molecule has 1 aliphatic heterocycles. The predicted octanol–water partition coefficient (Wildman–Crippen LogP) is 4.40. The third-order valence-corrected chi connectivity index (χ3v) is 4.76. The maximum Gasteiger partial charge on any atom is 0.295 e. The van der Waals surface area contributed by atoms with Crippen molar-refractivity contribution in [2.75, 3.05) is 10.2 Å². The van der Waals surface area contributed by atoms with Crippen molar-refractivity contribution in [2.24, 2.45) is 0 Å². The third-order valence-electron chi connectivity index (χ3n) is 3.32. The molecule has 0 spiro atoms. The van der Waals surface area contributed by atoms with Gasteiger partial charge < -0.3 is 5.32 Å². The van der Waals surface area contributed by atoms with E-state index in [2.05, 4.69) is 21.2 Å². The number of halogens is 1. The number of nitrogens with one attached hydrogen (secondary N) is 1. The Kier molecular flexibility index (Phi) is 4.22. The SMILES string of the molecule is Cc1ccccc1N1C(=O)SC(Nc2cccc(Br)c2)C1=O. The number of carbonyl (C=O) groups is 2. The maximum absolute atomic E-state index is 12.6. The lowest BCUT2D eigenvalue weighted by Gasteiger charge is -2.16. The zero-order valence-corrected chi connectivity index (χ0v) is 14.1. The van der Waals surface area contributed by atoms with Crippen LogP contribution in [0.5, 0.6) is 0 Å². The van der Waals surface area contributed by atoms with E-state index in [1.165, 1.54) is 4.90 Å². The Hall–Kier alpha value is -1.79. The first-order valence-electron chi connectivity index (χ1n) is 6.68. The van der Waals surface area contributed by atoms with Gasteiger partial charge in [-0.1, -0.05) is 40.2 Å². The molecular formula is C16H13BrN2O2S. The molecule has 4 nitrogen and oxygen atoms in total. The molecule has 22 heavy (non-hydrogen) atoms. The normalized spacial score (nSPS) is 17.9. The smallest absolute Gasteiger partial charge is 0.295 e. The molecular weight excluding hydrogens is 364 g/mol. The second-order valence-corrected chi connectivity index (χ2v) is 6.85. The molecule has 1 saturated heterocycles. The molecule has 2 aromatic carbocycles. The van der Waals surface area contributed by atoms with Crippen LogP contribution in [0.1, 0.15) is 5.56 Å². The quantitative estimate of drug-likeness (QED) is 0.862. The number of carbonyl (C=O) groups excluding carboxylic acids is 2. The molecule has 6 heteroatoms. The number of amides is 2. The lowest BCUT2D eigenvalue weighted by Crippen LogP contribution is -2.34. The molecule has 1 N–H and O–H groups in total. The molecule has 1 unspecified atom stereocenters. The molecule has 2 amide bonds. The Morgan fingerprint density at radius 1 is 1.14 bits per heavy atom. The zero-order valence-electron chi connectivity index (χ0n) is 11.7. The molecule has 0 bridgehead atoms. The molecule has 0 saturated carbocycles. The Balaban J connectivity index is 1.84. The number of para-hydroxylation sites is 1. The first kappa shape index (κ1) is 15.1. The summed E-state index contributed by atoms with van der Waals surface area (Å²) >= 11 is 4.38. The van der Waals surface area contributed by atoms with Crippen molar-refractivity contribution >= 4 is 50.2 Å². The van der Waals surface area contributed by atoms with Gasteiger partial charge in [0.1, 0.15) is 0 Å². The number of hydrogen-bond donors (Lipinski definition) is 1. The Morgan fingerprint density at radius 2 is 1.91 bits per heavy atom. The molecule has 0 aliphatic carbocycles. The molecule has 0 radical (unpaired) electrons. The van der Waals surface area contributed by atoms with Crippen LogP contribution in [0, 0.1) is 6.92 Å². The fourth-order valence-corrected chi connectivity index (χ4v) is 3.56. The van der Waals surface area contributed by atoms with Gasteiger partial charge in [0.2, 0.25) is 0 Å². The largest absolute Gasteiger partial charge is 0.365 e. The number of thioether (sulfide) groups is 1. The molecule has 1 fully saturated rings. The summed E-state index contributed by atoms with van der Waals surface area (Å²) in [6, 6.07) is 14.9. The summed E-state index contributed by atoms with van der Waals surface area (Å²) in [5, 5.41) is 2.23. The van der Waals surface area contributed by atoms with Crippen molar-refractivity contribution in [3.05, 3.63) is 58.6 Å². The van der Waals surface area contributed by atoms with E-state index in [0.29, 0.717) is 5.69 Å². The molecule has 2 aromatic rings. The minimum Gasteiger partial charge on any atom is -0.365 e. The van der Waals surface area contributed by atoms with Crippen LogP contribution >= 0.6 is 27.7 Å². The van der Waals surface area contributed by atoms with E-state index in [1.54, 1.807) is 6.07 Å². The number of nitrogens with zero attached hydrogens (tertiary/aromatic N) is 1.